The molecule has 0 aliphatic heterocycles. The Kier molecular flexibility index (Phi) is 12.9. The molecule has 0 aromatic carbocycles. The minimum Gasteiger partial charge on any atom is -0.389 e. The van der Waals surface area contributed by atoms with Crippen molar-refractivity contribution in [3.63, 3.8) is 0 Å². The van der Waals surface area contributed by atoms with Crippen molar-refractivity contribution in [2.75, 3.05) is 0 Å². The van der Waals surface area contributed by atoms with Crippen molar-refractivity contribution in [1.29, 1.82) is 0 Å². The Labute approximate surface area is 256 Å². The van der Waals surface area contributed by atoms with Gasteiger partial charge in [0.1, 0.15) is 0 Å². The Balaban J connectivity index is 1.93. The van der Waals surface area contributed by atoms with E-state index in [2.05, 4.69) is 147 Å². The Morgan fingerprint density at radius 1 is 0.690 bits per heavy atom. The van der Waals surface area contributed by atoms with E-state index in [0.29, 0.717) is 6.42 Å². The molecule has 0 saturated heterocycles. The first-order valence-electron chi connectivity index (χ1n) is 15.0. The van der Waals surface area contributed by atoms with Gasteiger partial charge in [0.05, 0.1) is 6.10 Å². The first-order valence-corrected chi connectivity index (χ1v) is 15.0. The fourth-order valence-corrected chi connectivity index (χ4v) is 5.52. The predicted molar refractivity (Wildman–Crippen MR) is 183 cm³/mol. The van der Waals surface area contributed by atoms with Gasteiger partial charge in [0.15, 0.2) is 5.78 Å². The van der Waals surface area contributed by atoms with Gasteiger partial charge in [0.25, 0.3) is 0 Å². The zero-order chi connectivity index (χ0) is 31.5. The first-order chi connectivity index (χ1) is 19.6. The van der Waals surface area contributed by atoms with E-state index in [9.17, 15) is 9.90 Å². The number of allylic oxidation sites excluding steroid dienone is 23. The molecule has 2 nitrogen and oxygen atoms in total. The number of hydrogen-bond donors (Lipinski definition) is 1. The standard InChI is InChI=1S/C40H52O2/c1-29(17-13-19-31(3)21-23-37-33(5)25-35(41)27-39(37,7)8)15-11-12-16-30(2)18-14-20-32(4)22-24-38-34(6)26-36(42)28-40(38,9)10/h11-26,35,41H,27-28H2,1-10H3/b15-11+,16-12+,19-13+,20-14+,29-17+,30-18+,31-21+,32-22+,37-23-,38-24-. The van der Waals surface area contributed by atoms with Crippen LogP contribution in [0.3, 0.4) is 0 Å². The number of aliphatic hydroxyl groups is 1. The molecule has 1 unspecified atom stereocenters. The van der Waals surface area contributed by atoms with E-state index in [0.717, 1.165) is 23.1 Å². The molecule has 0 bridgehead atoms. The van der Waals surface area contributed by atoms with Crippen LogP contribution in [0.4, 0.5) is 0 Å². The summed E-state index contributed by atoms with van der Waals surface area (Å²) in [6.45, 7) is 21.2. The van der Waals surface area contributed by atoms with Crippen LogP contribution in [-0.2, 0) is 4.79 Å². The van der Waals surface area contributed by atoms with E-state index in [4.69, 9.17) is 0 Å². The van der Waals surface area contributed by atoms with E-state index in [1.807, 2.05) is 13.0 Å². The summed E-state index contributed by atoms with van der Waals surface area (Å²) in [6.07, 6.45) is 34.2. The van der Waals surface area contributed by atoms with Crippen molar-refractivity contribution in [3.8, 4) is 0 Å². The number of hydrogen-bond acceptors (Lipinski definition) is 2. The van der Waals surface area contributed by atoms with Gasteiger partial charge in [-0.25, -0.2) is 0 Å². The number of aliphatic hydroxyl groups excluding tert-OH is 1. The predicted octanol–water partition coefficient (Wildman–Crippen LogP) is 10.5. The van der Waals surface area contributed by atoms with Crippen LogP contribution in [0.1, 0.15) is 82.1 Å². The van der Waals surface area contributed by atoms with Gasteiger partial charge in [-0.3, -0.25) is 4.79 Å². The summed E-state index contributed by atoms with van der Waals surface area (Å²) in [6, 6.07) is 0. The van der Waals surface area contributed by atoms with Gasteiger partial charge in [-0.15, -0.1) is 0 Å². The Hall–Kier alpha value is -3.49. The maximum Gasteiger partial charge on any atom is 0.156 e. The molecule has 0 aromatic heterocycles. The smallest absolute Gasteiger partial charge is 0.156 e. The first kappa shape index (κ1) is 34.7. The second-order valence-electron chi connectivity index (χ2n) is 13.1. The van der Waals surface area contributed by atoms with Crippen LogP contribution in [0.5, 0.6) is 0 Å². The van der Waals surface area contributed by atoms with Crippen LogP contribution in [0.2, 0.25) is 0 Å². The molecular weight excluding hydrogens is 512 g/mol. The molecule has 1 atom stereocenters. The van der Waals surface area contributed by atoms with Gasteiger partial charge in [-0.2, -0.15) is 0 Å². The average molecular weight is 565 g/mol. The second kappa shape index (κ2) is 15.7. The lowest BCUT2D eigenvalue weighted by molar-refractivity contribution is -0.116. The normalized spacial score (nSPS) is 24.6. The van der Waals surface area contributed by atoms with Crippen molar-refractivity contribution < 1.29 is 9.90 Å². The topological polar surface area (TPSA) is 37.3 Å². The van der Waals surface area contributed by atoms with Crippen LogP contribution in [-0.4, -0.2) is 17.0 Å². The quantitative estimate of drug-likeness (QED) is 0.283. The fourth-order valence-electron chi connectivity index (χ4n) is 5.52. The molecule has 2 heteroatoms. The Morgan fingerprint density at radius 3 is 1.57 bits per heavy atom. The highest BCUT2D eigenvalue weighted by Crippen LogP contribution is 2.41. The molecule has 2 aliphatic rings. The van der Waals surface area contributed by atoms with Gasteiger partial charge in [-0.1, -0.05) is 141 Å². The van der Waals surface area contributed by atoms with E-state index >= 15 is 0 Å². The fraction of sp³-hybridized carbons (Fsp3) is 0.375. The molecule has 42 heavy (non-hydrogen) atoms. The van der Waals surface area contributed by atoms with Gasteiger partial charge in [-0.05, 0) is 87.2 Å². The SMILES string of the molecule is CC1=CC(=O)CC(C)(C)\C1=C/C=C(C)/C=C/C=C(C)/C=C/C=C/C(C)=C/C=C/C(C)=C/C=C1/C(C)=CC(O)CC1(C)C. The number of rotatable bonds is 9. The summed E-state index contributed by atoms with van der Waals surface area (Å²) in [5.74, 6) is 0.212. The molecule has 0 radical (unpaired) electrons. The van der Waals surface area contributed by atoms with E-state index in [-0.39, 0.29) is 22.7 Å². The van der Waals surface area contributed by atoms with Crippen molar-refractivity contribution >= 4 is 5.78 Å². The molecule has 0 fully saturated rings. The minimum atomic E-state index is -0.354. The molecule has 2 aliphatic carbocycles. The van der Waals surface area contributed by atoms with Crippen LogP contribution < -0.4 is 0 Å². The van der Waals surface area contributed by atoms with Crippen molar-refractivity contribution in [3.05, 3.63) is 142 Å². The molecule has 0 aromatic rings. The summed E-state index contributed by atoms with van der Waals surface area (Å²) < 4.78 is 0. The molecule has 224 valence electrons. The molecular formula is C40H52O2. The van der Waals surface area contributed by atoms with Crippen LogP contribution >= 0.6 is 0 Å². The second-order valence-corrected chi connectivity index (χ2v) is 13.1. The lowest BCUT2D eigenvalue weighted by Crippen LogP contribution is -2.26. The highest BCUT2D eigenvalue weighted by Gasteiger charge is 2.31. The largest absolute Gasteiger partial charge is 0.389 e. The maximum atomic E-state index is 11.9. The molecule has 0 heterocycles. The monoisotopic (exact) mass is 564 g/mol. The van der Waals surface area contributed by atoms with Crippen molar-refractivity contribution in [1.82, 2.24) is 0 Å². The molecule has 0 amide bonds. The third kappa shape index (κ3) is 11.4. The number of ketones is 1. The Morgan fingerprint density at radius 2 is 1.12 bits per heavy atom. The summed E-state index contributed by atoms with van der Waals surface area (Å²) in [5.41, 5.74) is 9.28. The minimum absolute atomic E-state index is 0.0289. The third-order valence-electron chi connectivity index (χ3n) is 7.76. The lowest BCUT2D eigenvalue weighted by Gasteiger charge is -2.34. The van der Waals surface area contributed by atoms with Crippen molar-refractivity contribution in [2.24, 2.45) is 10.8 Å². The maximum absolute atomic E-state index is 11.9. The van der Waals surface area contributed by atoms with Crippen LogP contribution in [0.25, 0.3) is 0 Å². The van der Waals surface area contributed by atoms with Gasteiger partial charge < -0.3 is 5.11 Å². The third-order valence-corrected chi connectivity index (χ3v) is 7.76. The van der Waals surface area contributed by atoms with E-state index < -0.39 is 0 Å². The molecule has 0 saturated carbocycles. The zero-order valence-electron chi connectivity index (χ0n) is 27.6. The van der Waals surface area contributed by atoms with Crippen molar-refractivity contribution in [2.45, 2.75) is 88.2 Å². The zero-order valence-corrected chi connectivity index (χ0v) is 27.6. The van der Waals surface area contributed by atoms with E-state index in [1.54, 1.807) is 6.08 Å². The Bertz CT molecular complexity index is 1380. The molecule has 2 rings (SSSR count). The summed E-state index contributed by atoms with van der Waals surface area (Å²) in [5, 5.41) is 10.0. The number of carbonyl (C=O) groups is 1. The highest BCUT2D eigenvalue weighted by atomic mass is 16.3. The molecule has 0 spiro atoms. The average Bonchev–Trinajstić information content (AvgIpc) is 2.84. The highest BCUT2D eigenvalue weighted by molar-refractivity contribution is 5.93. The van der Waals surface area contributed by atoms with Gasteiger partial charge in [0.2, 0.25) is 0 Å². The molecule has 1 N–H and O–H groups in total. The summed E-state index contributed by atoms with van der Waals surface area (Å²) in [7, 11) is 0. The lowest BCUT2D eigenvalue weighted by atomic mass is 9.72. The van der Waals surface area contributed by atoms with Crippen LogP contribution in [0.15, 0.2) is 142 Å². The van der Waals surface area contributed by atoms with Gasteiger partial charge in [0, 0.05) is 6.42 Å². The van der Waals surface area contributed by atoms with Gasteiger partial charge >= 0.3 is 0 Å². The van der Waals surface area contributed by atoms with E-state index in [1.165, 1.54) is 27.9 Å². The van der Waals surface area contributed by atoms with Crippen LogP contribution in [0, 0.1) is 10.8 Å². The summed E-state index contributed by atoms with van der Waals surface area (Å²) >= 11 is 0. The summed E-state index contributed by atoms with van der Waals surface area (Å²) in [4.78, 5) is 11.9. The number of carbonyl (C=O) groups excluding carboxylic acids is 1.